The number of para-hydroxylation sites is 1. The fourth-order valence-corrected chi connectivity index (χ4v) is 2.99. The van der Waals surface area contributed by atoms with E-state index in [1.54, 1.807) is 0 Å². The van der Waals surface area contributed by atoms with E-state index < -0.39 is 0 Å². The molecule has 1 aromatic carbocycles. The van der Waals surface area contributed by atoms with Crippen LogP contribution in [-0.4, -0.2) is 30.6 Å². The number of nitrogens with one attached hydrogen (secondary N) is 1. The summed E-state index contributed by atoms with van der Waals surface area (Å²) in [6.07, 6.45) is 3.88. The van der Waals surface area contributed by atoms with E-state index in [-0.39, 0.29) is 5.91 Å². The number of pyridine rings is 1. The molecule has 0 radical (unpaired) electrons. The molecule has 3 rings (SSSR count). The monoisotopic (exact) mass is 326 g/mol. The van der Waals surface area contributed by atoms with Gasteiger partial charge in [0.25, 0.3) is 0 Å². The SMILES string of the molecule is Cc1nc2ccccc2c(C)c1CC(=O)NCCCOCC1CC1. The van der Waals surface area contributed by atoms with Crippen LogP contribution in [0.25, 0.3) is 10.9 Å². The lowest BCUT2D eigenvalue weighted by atomic mass is 9.99. The average molecular weight is 326 g/mol. The molecule has 2 aromatic rings. The van der Waals surface area contributed by atoms with Gasteiger partial charge in [-0.3, -0.25) is 9.78 Å². The lowest BCUT2D eigenvalue weighted by Gasteiger charge is -2.12. The fourth-order valence-electron chi connectivity index (χ4n) is 2.99. The molecule has 1 amide bonds. The Hall–Kier alpha value is -1.94. The van der Waals surface area contributed by atoms with E-state index in [2.05, 4.69) is 23.3 Å². The van der Waals surface area contributed by atoms with E-state index >= 15 is 0 Å². The van der Waals surface area contributed by atoms with Crippen LogP contribution in [0.15, 0.2) is 24.3 Å². The van der Waals surface area contributed by atoms with Gasteiger partial charge in [0.1, 0.15) is 0 Å². The van der Waals surface area contributed by atoms with Gasteiger partial charge in [-0.1, -0.05) is 18.2 Å². The van der Waals surface area contributed by atoms with Crippen molar-refractivity contribution in [3.05, 3.63) is 41.1 Å². The van der Waals surface area contributed by atoms with E-state index in [1.807, 2.05) is 25.1 Å². The molecule has 1 aliphatic carbocycles. The molecule has 1 heterocycles. The summed E-state index contributed by atoms with van der Waals surface area (Å²) >= 11 is 0. The minimum absolute atomic E-state index is 0.0560. The van der Waals surface area contributed by atoms with Crippen molar-refractivity contribution in [3.8, 4) is 0 Å². The van der Waals surface area contributed by atoms with Gasteiger partial charge in [0, 0.05) is 30.8 Å². The number of rotatable bonds is 8. The third kappa shape index (κ3) is 4.32. The molecule has 0 bridgehead atoms. The van der Waals surface area contributed by atoms with Gasteiger partial charge in [-0.15, -0.1) is 0 Å². The first-order chi connectivity index (χ1) is 11.6. The maximum Gasteiger partial charge on any atom is 0.224 e. The van der Waals surface area contributed by atoms with Gasteiger partial charge >= 0.3 is 0 Å². The van der Waals surface area contributed by atoms with Gasteiger partial charge < -0.3 is 10.1 Å². The molecular weight excluding hydrogens is 300 g/mol. The van der Waals surface area contributed by atoms with Crippen LogP contribution in [0.4, 0.5) is 0 Å². The summed E-state index contributed by atoms with van der Waals surface area (Å²) in [4.78, 5) is 16.9. The van der Waals surface area contributed by atoms with Gasteiger partial charge in [0.05, 0.1) is 11.9 Å². The number of amides is 1. The summed E-state index contributed by atoms with van der Waals surface area (Å²) in [6.45, 7) is 6.34. The fraction of sp³-hybridized carbons (Fsp3) is 0.500. The molecule has 0 atom stereocenters. The highest BCUT2D eigenvalue weighted by molar-refractivity contribution is 5.86. The van der Waals surface area contributed by atoms with Gasteiger partial charge in [-0.25, -0.2) is 0 Å². The van der Waals surface area contributed by atoms with Crippen LogP contribution in [0.1, 0.15) is 36.1 Å². The number of hydrogen-bond acceptors (Lipinski definition) is 3. The number of fused-ring (bicyclic) bond motifs is 1. The molecule has 24 heavy (non-hydrogen) atoms. The molecule has 0 saturated heterocycles. The Kier molecular flexibility index (Phi) is 5.46. The maximum absolute atomic E-state index is 12.2. The number of nitrogens with zero attached hydrogens (tertiary/aromatic N) is 1. The van der Waals surface area contributed by atoms with Crippen LogP contribution in [0.5, 0.6) is 0 Å². The Bertz CT molecular complexity index is 723. The van der Waals surface area contributed by atoms with Crippen molar-refractivity contribution in [1.29, 1.82) is 0 Å². The molecule has 0 unspecified atom stereocenters. The summed E-state index contributed by atoms with van der Waals surface area (Å²) < 4.78 is 5.58. The molecule has 128 valence electrons. The first-order valence-corrected chi connectivity index (χ1v) is 8.84. The van der Waals surface area contributed by atoms with Crippen LogP contribution in [0.3, 0.4) is 0 Å². The average Bonchev–Trinajstić information content (AvgIpc) is 3.39. The Morgan fingerprint density at radius 3 is 2.88 bits per heavy atom. The zero-order chi connectivity index (χ0) is 16.9. The quantitative estimate of drug-likeness (QED) is 0.757. The zero-order valence-electron chi connectivity index (χ0n) is 14.6. The molecule has 0 spiro atoms. The first kappa shape index (κ1) is 16.9. The van der Waals surface area contributed by atoms with Crippen molar-refractivity contribution >= 4 is 16.8 Å². The van der Waals surface area contributed by atoms with Crippen molar-refractivity contribution in [3.63, 3.8) is 0 Å². The summed E-state index contributed by atoms with van der Waals surface area (Å²) in [7, 11) is 0. The summed E-state index contributed by atoms with van der Waals surface area (Å²) in [5.41, 5.74) is 4.12. The lowest BCUT2D eigenvalue weighted by molar-refractivity contribution is -0.120. The molecule has 1 aliphatic rings. The van der Waals surface area contributed by atoms with E-state index in [9.17, 15) is 4.79 Å². The number of aryl methyl sites for hydroxylation is 2. The summed E-state index contributed by atoms with van der Waals surface area (Å²) in [5, 5.41) is 4.12. The van der Waals surface area contributed by atoms with E-state index in [0.717, 1.165) is 53.3 Å². The van der Waals surface area contributed by atoms with Gasteiger partial charge in [-0.05, 0) is 56.2 Å². The topological polar surface area (TPSA) is 51.2 Å². The van der Waals surface area contributed by atoms with Gasteiger partial charge in [-0.2, -0.15) is 0 Å². The van der Waals surface area contributed by atoms with Crippen molar-refractivity contribution in [2.45, 2.75) is 39.5 Å². The number of benzene rings is 1. The van der Waals surface area contributed by atoms with Crippen molar-refractivity contribution in [2.24, 2.45) is 5.92 Å². The van der Waals surface area contributed by atoms with Crippen LogP contribution in [0, 0.1) is 19.8 Å². The van der Waals surface area contributed by atoms with E-state index in [4.69, 9.17) is 4.74 Å². The molecule has 1 N–H and O–H groups in total. The van der Waals surface area contributed by atoms with Crippen LogP contribution >= 0.6 is 0 Å². The molecule has 1 fully saturated rings. The van der Waals surface area contributed by atoms with Crippen molar-refractivity contribution in [2.75, 3.05) is 19.8 Å². The van der Waals surface area contributed by atoms with Crippen molar-refractivity contribution in [1.82, 2.24) is 10.3 Å². The van der Waals surface area contributed by atoms with Crippen LogP contribution < -0.4 is 5.32 Å². The second-order valence-electron chi connectivity index (χ2n) is 6.72. The molecule has 4 nitrogen and oxygen atoms in total. The number of hydrogen-bond donors (Lipinski definition) is 1. The highest BCUT2D eigenvalue weighted by Gasteiger charge is 2.20. The molecule has 0 aliphatic heterocycles. The molecular formula is C20H26N2O2. The molecule has 1 aromatic heterocycles. The normalized spacial score (nSPS) is 14.1. The number of ether oxygens (including phenoxy) is 1. The van der Waals surface area contributed by atoms with E-state index in [0.29, 0.717) is 13.0 Å². The second kappa shape index (κ2) is 7.75. The Morgan fingerprint density at radius 2 is 2.08 bits per heavy atom. The summed E-state index contributed by atoms with van der Waals surface area (Å²) in [5.74, 6) is 0.853. The number of aromatic nitrogens is 1. The van der Waals surface area contributed by atoms with Crippen LogP contribution in [-0.2, 0) is 16.0 Å². The highest BCUT2D eigenvalue weighted by atomic mass is 16.5. The largest absolute Gasteiger partial charge is 0.381 e. The smallest absolute Gasteiger partial charge is 0.224 e. The van der Waals surface area contributed by atoms with Crippen LogP contribution in [0.2, 0.25) is 0 Å². The van der Waals surface area contributed by atoms with E-state index in [1.165, 1.54) is 12.8 Å². The summed E-state index contributed by atoms with van der Waals surface area (Å²) in [6, 6.07) is 8.08. The molecule has 4 heteroatoms. The second-order valence-corrected chi connectivity index (χ2v) is 6.72. The minimum Gasteiger partial charge on any atom is -0.381 e. The number of carbonyl (C=O) groups excluding carboxylic acids is 1. The predicted molar refractivity (Wildman–Crippen MR) is 96.1 cm³/mol. The zero-order valence-corrected chi connectivity index (χ0v) is 14.6. The first-order valence-electron chi connectivity index (χ1n) is 8.84. The number of carbonyl (C=O) groups is 1. The third-order valence-electron chi connectivity index (χ3n) is 4.66. The predicted octanol–water partition coefficient (Wildman–Crippen LogP) is 3.33. The van der Waals surface area contributed by atoms with Gasteiger partial charge in [0.15, 0.2) is 0 Å². The van der Waals surface area contributed by atoms with Gasteiger partial charge in [0.2, 0.25) is 5.91 Å². The lowest BCUT2D eigenvalue weighted by Crippen LogP contribution is -2.27. The standard InChI is InChI=1S/C20H26N2O2/c1-14-17-6-3-4-7-19(17)22-15(2)18(14)12-20(23)21-10-5-11-24-13-16-8-9-16/h3-4,6-7,16H,5,8-13H2,1-2H3,(H,21,23). The molecule has 1 saturated carbocycles. The Morgan fingerprint density at radius 1 is 1.29 bits per heavy atom. The maximum atomic E-state index is 12.2. The Labute approximate surface area is 143 Å². The highest BCUT2D eigenvalue weighted by Crippen LogP contribution is 2.28. The minimum atomic E-state index is 0.0560. The third-order valence-corrected chi connectivity index (χ3v) is 4.66. The van der Waals surface area contributed by atoms with Crippen molar-refractivity contribution < 1.29 is 9.53 Å². The Balaban J connectivity index is 1.51.